The summed E-state index contributed by atoms with van der Waals surface area (Å²) in [5.41, 5.74) is 1.84. The van der Waals surface area contributed by atoms with E-state index in [-0.39, 0.29) is 0 Å². The molecule has 0 N–H and O–H groups in total. The lowest BCUT2D eigenvalue weighted by Gasteiger charge is -2.05. The largest absolute Gasteiger partial charge is 0.0845 e. The molecule has 0 nitrogen and oxygen atoms in total. The van der Waals surface area contributed by atoms with E-state index in [9.17, 15) is 0 Å². The van der Waals surface area contributed by atoms with E-state index in [0.717, 1.165) is 17.8 Å². The summed E-state index contributed by atoms with van der Waals surface area (Å²) in [4.78, 5) is 0. The molecule has 2 saturated carbocycles. The number of hydrogen-bond donors (Lipinski definition) is 0. The van der Waals surface area contributed by atoms with Crippen LogP contribution in [0, 0.1) is 17.8 Å². The van der Waals surface area contributed by atoms with Crippen LogP contribution in [-0.4, -0.2) is 0 Å². The number of rotatable bonds is 2. The lowest BCUT2D eigenvalue weighted by atomic mass is 10.0. The molecule has 0 aromatic rings. The van der Waals surface area contributed by atoms with Crippen molar-refractivity contribution >= 4 is 0 Å². The SMILES string of the molecule is CC(C)CC=C1C2CCC1CC2. The molecule has 0 radical (unpaired) electrons. The van der Waals surface area contributed by atoms with Crippen molar-refractivity contribution in [1.82, 2.24) is 0 Å². The summed E-state index contributed by atoms with van der Waals surface area (Å²) in [6.07, 6.45) is 9.84. The molecule has 2 aliphatic rings. The molecule has 2 aliphatic carbocycles. The van der Waals surface area contributed by atoms with Crippen LogP contribution in [0.3, 0.4) is 0 Å². The van der Waals surface area contributed by atoms with Crippen LogP contribution >= 0.6 is 0 Å². The Bertz CT molecular complexity index is 166. The highest BCUT2D eigenvalue weighted by Gasteiger charge is 2.35. The molecule has 0 aromatic heterocycles. The average molecular weight is 164 g/mol. The molecule has 2 bridgehead atoms. The van der Waals surface area contributed by atoms with Crippen LogP contribution in [0.2, 0.25) is 0 Å². The fraction of sp³-hybridized carbons (Fsp3) is 0.833. The zero-order valence-corrected chi connectivity index (χ0v) is 8.34. The highest BCUT2D eigenvalue weighted by molar-refractivity contribution is 5.20. The maximum Gasteiger partial charge on any atom is -0.0200 e. The first-order chi connectivity index (χ1) is 5.77. The molecular formula is C12H20. The lowest BCUT2D eigenvalue weighted by molar-refractivity contribution is 0.480. The maximum absolute atomic E-state index is 2.56. The minimum absolute atomic E-state index is 0.845. The van der Waals surface area contributed by atoms with Crippen LogP contribution in [0.25, 0.3) is 0 Å². The summed E-state index contributed by atoms with van der Waals surface area (Å²) in [6.45, 7) is 4.63. The summed E-state index contributed by atoms with van der Waals surface area (Å²) in [5, 5.41) is 0. The van der Waals surface area contributed by atoms with Crippen LogP contribution in [0.5, 0.6) is 0 Å². The molecular weight excluding hydrogens is 144 g/mol. The van der Waals surface area contributed by atoms with Crippen molar-refractivity contribution in [2.75, 3.05) is 0 Å². The zero-order chi connectivity index (χ0) is 8.55. The molecule has 0 aliphatic heterocycles. The molecule has 12 heavy (non-hydrogen) atoms. The average Bonchev–Trinajstić information content (AvgIpc) is 2.59. The summed E-state index contributed by atoms with van der Waals surface area (Å²) < 4.78 is 0. The second-order valence-electron chi connectivity index (χ2n) is 4.88. The van der Waals surface area contributed by atoms with E-state index in [4.69, 9.17) is 0 Å². The topological polar surface area (TPSA) is 0 Å². The first-order valence-corrected chi connectivity index (χ1v) is 5.47. The quantitative estimate of drug-likeness (QED) is 0.545. The van der Waals surface area contributed by atoms with E-state index in [1.165, 1.54) is 32.1 Å². The third-order valence-corrected chi connectivity index (χ3v) is 3.49. The van der Waals surface area contributed by atoms with Crippen molar-refractivity contribution in [3.63, 3.8) is 0 Å². The van der Waals surface area contributed by atoms with Crippen LogP contribution < -0.4 is 0 Å². The Kier molecular flexibility index (Phi) is 2.25. The summed E-state index contributed by atoms with van der Waals surface area (Å²) >= 11 is 0. The van der Waals surface area contributed by atoms with Gasteiger partial charge in [-0.05, 0) is 49.9 Å². The Labute approximate surface area is 76.1 Å². The fourth-order valence-corrected chi connectivity index (χ4v) is 2.80. The molecule has 0 heteroatoms. The molecule has 2 fully saturated rings. The third kappa shape index (κ3) is 1.44. The van der Waals surface area contributed by atoms with E-state index in [1.54, 1.807) is 0 Å². The van der Waals surface area contributed by atoms with Crippen LogP contribution in [0.4, 0.5) is 0 Å². The van der Waals surface area contributed by atoms with E-state index in [2.05, 4.69) is 19.9 Å². The number of hydrogen-bond acceptors (Lipinski definition) is 0. The van der Waals surface area contributed by atoms with Gasteiger partial charge in [0.2, 0.25) is 0 Å². The smallest absolute Gasteiger partial charge is 0.0200 e. The molecule has 0 atom stereocenters. The van der Waals surface area contributed by atoms with Gasteiger partial charge >= 0.3 is 0 Å². The van der Waals surface area contributed by atoms with Gasteiger partial charge in [-0.1, -0.05) is 25.5 Å². The van der Waals surface area contributed by atoms with E-state index < -0.39 is 0 Å². The van der Waals surface area contributed by atoms with Crippen LogP contribution in [0.15, 0.2) is 11.6 Å². The zero-order valence-electron chi connectivity index (χ0n) is 8.34. The molecule has 68 valence electrons. The Balaban J connectivity index is 1.99. The maximum atomic E-state index is 2.56. The summed E-state index contributed by atoms with van der Waals surface area (Å²) in [7, 11) is 0. The lowest BCUT2D eigenvalue weighted by Crippen LogP contribution is -1.91. The summed E-state index contributed by atoms with van der Waals surface area (Å²) in [5.74, 6) is 2.86. The Morgan fingerprint density at radius 1 is 1.17 bits per heavy atom. The molecule has 0 heterocycles. The first kappa shape index (κ1) is 8.34. The molecule has 2 rings (SSSR count). The molecule has 0 saturated heterocycles. The van der Waals surface area contributed by atoms with Gasteiger partial charge in [0.15, 0.2) is 0 Å². The van der Waals surface area contributed by atoms with Crippen molar-refractivity contribution in [2.45, 2.75) is 46.0 Å². The summed E-state index contributed by atoms with van der Waals surface area (Å²) in [6, 6.07) is 0. The predicted octanol–water partition coefficient (Wildman–Crippen LogP) is 3.78. The number of allylic oxidation sites excluding steroid dienone is 2. The van der Waals surface area contributed by atoms with Crippen LogP contribution in [-0.2, 0) is 0 Å². The van der Waals surface area contributed by atoms with Gasteiger partial charge in [-0.15, -0.1) is 0 Å². The normalized spacial score (nSPS) is 33.4. The highest BCUT2D eigenvalue weighted by Crippen LogP contribution is 2.48. The van der Waals surface area contributed by atoms with Crippen molar-refractivity contribution in [1.29, 1.82) is 0 Å². The van der Waals surface area contributed by atoms with Gasteiger partial charge in [0.1, 0.15) is 0 Å². The highest BCUT2D eigenvalue weighted by atomic mass is 14.4. The standard InChI is InChI=1S/C12H20/c1-9(2)3-8-12-10-4-5-11(12)7-6-10/h8-11H,3-7H2,1-2H3. The minimum atomic E-state index is 0.845. The molecule has 0 unspecified atom stereocenters. The second-order valence-corrected chi connectivity index (χ2v) is 4.88. The van der Waals surface area contributed by atoms with Crippen LogP contribution in [0.1, 0.15) is 46.0 Å². The first-order valence-electron chi connectivity index (χ1n) is 5.47. The van der Waals surface area contributed by atoms with Gasteiger partial charge in [0, 0.05) is 0 Å². The van der Waals surface area contributed by atoms with Crippen molar-refractivity contribution in [3.05, 3.63) is 11.6 Å². The van der Waals surface area contributed by atoms with E-state index in [0.29, 0.717) is 0 Å². The van der Waals surface area contributed by atoms with Gasteiger partial charge in [-0.3, -0.25) is 0 Å². The van der Waals surface area contributed by atoms with E-state index in [1.807, 2.05) is 5.57 Å². The van der Waals surface area contributed by atoms with Crippen molar-refractivity contribution in [2.24, 2.45) is 17.8 Å². The molecule has 0 spiro atoms. The van der Waals surface area contributed by atoms with Gasteiger partial charge in [0.05, 0.1) is 0 Å². The predicted molar refractivity (Wildman–Crippen MR) is 53.0 cm³/mol. The second kappa shape index (κ2) is 3.24. The van der Waals surface area contributed by atoms with Crippen molar-refractivity contribution < 1.29 is 0 Å². The Hall–Kier alpha value is -0.260. The van der Waals surface area contributed by atoms with Gasteiger partial charge in [-0.25, -0.2) is 0 Å². The van der Waals surface area contributed by atoms with Gasteiger partial charge < -0.3 is 0 Å². The van der Waals surface area contributed by atoms with Gasteiger partial charge in [0.25, 0.3) is 0 Å². The Morgan fingerprint density at radius 2 is 1.67 bits per heavy atom. The monoisotopic (exact) mass is 164 g/mol. The minimum Gasteiger partial charge on any atom is -0.0845 e. The molecule has 0 amide bonds. The van der Waals surface area contributed by atoms with E-state index >= 15 is 0 Å². The van der Waals surface area contributed by atoms with Gasteiger partial charge in [-0.2, -0.15) is 0 Å². The molecule has 0 aromatic carbocycles. The van der Waals surface area contributed by atoms with Crippen molar-refractivity contribution in [3.8, 4) is 0 Å². The Morgan fingerprint density at radius 3 is 2.08 bits per heavy atom. The number of fused-ring (bicyclic) bond motifs is 2. The fourth-order valence-electron chi connectivity index (χ4n) is 2.80. The third-order valence-electron chi connectivity index (χ3n) is 3.49.